The molecule has 136 valence electrons. The summed E-state index contributed by atoms with van der Waals surface area (Å²) in [6, 6.07) is 7.31. The van der Waals surface area contributed by atoms with Crippen molar-refractivity contribution in [2.75, 3.05) is 6.54 Å². The molecule has 3 nitrogen and oxygen atoms in total. The lowest BCUT2D eigenvalue weighted by Crippen LogP contribution is -2.50. The molecule has 1 aliphatic heterocycles. The second-order valence-corrected chi connectivity index (χ2v) is 8.36. The molecule has 4 rings (SSSR count). The topological polar surface area (TPSA) is 46.3 Å². The van der Waals surface area contributed by atoms with Crippen molar-refractivity contribution in [3.05, 3.63) is 35.6 Å². The van der Waals surface area contributed by atoms with Crippen molar-refractivity contribution in [2.24, 2.45) is 23.5 Å². The molecule has 3 fully saturated rings. The molecule has 1 heterocycles. The van der Waals surface area contributed by atoms with Crippen LogP contribution in [0.5, 0.6) is 0 Å². The predicted molar refractivity (Wildman–Crippen MR) is 96.4 cm³/mol. The SMILES string of the molecule is NC1C2CCCC1CC(C(=O)N1CCCC1Cc1ccc(F)cc1)C2. The molecule has 3 unspecified atom stereocenters. The first kappa shape index (κ1) is 17.0. The summed E-state index contributed by atoms with van der Waals surface area (Å²) in [6.45, 7) is 0.878. The van der Waals surface area contributed by atoms with Crippen molar-refractivity contribution in [3.8, 4) is 0 Å². The van der Waals surface area contributed by atoms with E-state index in [1.165, 1.54) is 31.4 Å². The molecule has 0 spiro atoms. The smallest absolute Gasteiger partial charge is 0.225 e. The molecule has 0 radical (unpaired) electrons. The number of likely N-dealkylation sites (tertiary alicyclic amines) is 1. The summed E-state index contributed by atoms with van der Waals surface area (Å²) < 4.78 is 13.1. The molecular weight excluding hydrogens is 315 g/mol. The van der Waals surface area contributed by atoms with Gasteiger partial charge in [0.2, 0.25) is 5.91 Å². The van der Waals surface area contributed by atoms with E-state index in [1.54, 1.807) is 0 Å². The van der Waals surface area contributed by atoms with Gasteiger partial charge < -0.3 is 10.6 Å². The largest absolute Gasteiger partial charge is 0.339 e. The Hall–Kier alpha value is -1.42. The van der Waals surface area contributed by atoms with Gasteiger partial charge in [-0.15, -0.1) is 0 Å². The van der Waals surface area contributed by atoms with Crippen LogP contribution >= 0.6 is 0 Å². The summed E-state index contributed by atoms with van der Waals surface area (Å²) in [5.41, 5.74) is 7.51. The fraction of sp³-hybridized carbons (Fsp3) is 0.667. The maximum Gasteiger partial charge on any atom is 0.225 e. The van der Waals surface area contributed by atoms with Gasteiger partial charge in [0.15, 0.2) is 0 Å². The predicted octanol–water partition coefficient (Wildman–Crippen LogP) is 3.51. The summed E-state index contributed by atoms with van der Waals surface area (Å²) in [4.78, 5) is 15.3. The Bertz CT molecular complexity index is 603. The van der Waals surface area contributed by atoms with Gasteiger partial charge in [0.05, 0.1) is 0 Å². The number of carbonyl (C=O) groups is 1. The van der Waals surface area contributed by atoms with E-state index in [4.69, 9.17) is 5.73 Å². The first-order valence-corrected chi connectivity index (χ1v) is 9.92. The summed E-state index contributed by atoms with van der Waals surface area (Å²) in [7, 11) is 0. The van der Waals surface area contributed by atoms with E-state index in [-0.39, 0.29) is 17.8 Å². The zero-order chi connectivity index (χ0) is 17.4. The highest BCUT2D eigenvalue weighted by molar-refractivity contribution is 5.79. The average molecular weight is 344 g/mol. The van der Waals surface area contributed by atoms with E-state index >= 15 is 0 Å². The number of amides is 1. The minimum atomic E-state index is -0.201. The maximum atomic E-state index is 13.2. The summed E-state index contributed by atoms with van der Waals surface area (Å²) in [5, 5.41) is 0. The number of rotatable bonds is 3. The molecule has 2 bridgehead atoms. The molecular formula is C21H29FN2O. The molecule has 4 heteroatoms. The minimum absolute atomic E-state index is 0.170. The molecule has 25 heavy (non-hydrogen) atoms. The molecule has 2 aliphatic carbocycles. The lowest BCUT2D eigenvalue weighted by atomic mass is 9.65. The zero-order valence-corrected chi connectivity index (χ0v) is 14.9. The number of hydrogen-bond donors (Lipinski definition) is 1. The maximum absolute atomic E-state index is 13.2. The lowest BCUT2D eigenvalue weighted by Gasteiger charge is -2.44. The standard InChI is InChI=1S/C21H29FN2O/c22-18-8-6-14(7-9-18)11-19-5-2-10-24(19)21(25)17-12-15-3-1-4-16(13-17)20(15)23/h6-9,15-17,19-20H,1-5,10-13,23H2. The third-order valence-electron chi connectivity index (χ3n) is 6.81. The average Bonchev–Trinajstić information content (AvgIpc) is 3.04. The van der Waals surface area contributed by atoms with Crippen LogP contribution in [0.3, 0.4) is 0 Å². The third kappa shape index (κ3) is 3.46. The van der Waals surface area contributed by atoms with Crippen LogP contribution in [-0.4, -0.2) is 29.4 Å². The highest BCUT2D eigenvalue weighted by atomic mass is 19.1. The van der Waals surface area contributed by atoms with Crippen LogP contribution < -0.4 is 5.73 Å². The summed E-state index contributed by atoms with van der Waals surface area (Å²) >= 11 is 0. The van der Waals surface area contributed by atoms with Crippen LogP contribution in [0.1, 0.15) is 50.5 Å². The van der Waals surface area contributed by atoms with Crippen molar-refractivity contribution in [1.82, 2.24) is 4.90 Å². The van der Waals surface area contributed by atoms with Gasteiger partial charge in [-0.05, 0) is 74.5 Å². The molecule has 3 atom stereocenters. The molecule has 0 aromatic heterocycles. The molecule has 1 aromatic carbocycles. The number of benzene rings is 1. The molecule has 2 saturated carbocycles. The Morgan fingerprint density at radius 2 is 1.76 bits per heavy atom. The molecule has 1 saturated heterocycles. The first-order chi connectivity index (χ1) is 12.1. The van der Waals surface area contributed by atoms with Gasteiger partial charge in [-0.3, -0.25) is 4.79 Å². The summed E-state index contributed by atoms with van der Waals surface area (Å²) in [5.74, 6) is 1.41. The van der Waals surface area contributed by atoms with Gasteiger partial charge in [0.25, 0.3) is 0 Å². The van der Waals surface area contributed by atoms with Crippen molar-refractivity contribution in [1.29, 1.82) is 0 Å². The van der Waals surface area contributed by atoms with Crippen LogP contribution in [0.15, 0.2) is 24.3 Å². The normalized spacial score (nSPS) is 35.0. The second kappa shape index (κ2) is 7.06. The molecule has 3 aliphatic rings. The number of nitrogens with zero attached hydrogens (tertiary/aromatic N) is 1. The number of nitrogens with two attached hydrogens (primary N) is 1. The Kier molecular flexibility index (Phi) is 4.81. The van der Waals surface area contributed by atoms with Crippen molar-refractivity contribution in [2.45, 2.75) is 63.5 Å². The zero-order valence-electron chi connectivity index (χ0n) is 14.9. The van der Waals surface area contributed by atoms with Crippen LogP contribution in [0.4, 0.5) is 4.39 Å². The van der Waals surface area contributed by atoms with Gasteiger partial charge in [-0.1, -0.05) is 18.6 Å². The van der Waals surface area contributed by atoms with E-state index in [0.29, 0.717) is 23.8 Å². The van der Waals surface area contributed by atoms with E-state index in [1.807, 2.05) is 12.1 Å². The van der Waals surface area contributed by atoms with Crippen LogP contribution in [0.2, 0.25) is 0 Å². The van der Waals surface area contributed by atoms with Crippen molar-refractivity contribution < 1.29 is 9.18 Å². The van der Waals surface area contributed by atoms with Gasteiger partial charge in [0, 0.05) is 24.5 Å². The fourth-order valence-electron chi connectivity index (χ4n) is 5.46. The van der Waals surface area contributed by atoms with Gasteiger partial charge in [0.1, 0.15) is 5.82 Å². The van der Waals surface area contributed by atoms with Crippen LogP contribution in [0, 0.1) is 23.6 Å². The van der Waals surface area contributed by atoms with Crippen molar-refractivity contribution in [3.63, 3.8) is 0 Å². The van der Waals surface area contributed by atoms with Gasteiger partial charge >= 0.3 is 0 Å². The molecule has 1 amide bonds. The molecule has 1 aromatic rings. The van der Waals surface area contributed by atoms with E-state index in [9.17, 15) is 9.18 Å². The second-order valence-electron chi connectivity index (χ2n) is 8.36. The molecule has 2 N–H and O–H groups in total. The van der Waals surface area contributed by atoms with Gasteiger partial charge in [-0.25, -0.2) is 4.39 Å². The Morgan fingerprint density at radius 1 is 1.08 bits per heavy atom. The Labute approximate surface area is 149 Å². The quantitative estimate of drug-likeness (QED) is 0.912. The highest BCUT2D eigenvalue weighted by Crippen LogP contribution is 2.43. The summed E-state index contributed by atoms with van der Waals surface area (Å²) in [6.07, 6.45) is 8.61. The Balaban J connectivity index is 1.43. The lowest BCUT2D eigenvalue weighted by molar-refractivity contribution is -0.139. The van der Waals surface area contributed by atoms with Crippen LogP contribution in [0.25, 0.3) is 0 Å². The fourth-order valence-corrected chi connectivity index (χ4v) is 5.46. The number of halogens is 1. The monoisotopic (exact) mass is 344 g/mol. The first-order valence-electron chi connectivity index (χ1n) is 9.92. The van der Waals surface area contributed by atoms with Crippen LogP contribution in [-0.2, 0) is 11.2 Å². The Morgan fingerprint density at radius 3 is 2.44 bits per heavy atom. The van der Waals surface area contributed by atoms with Crippen molar-refractivity contribution >= 4 is 5.91 Å². The highest BCUT2D eigenvalue weighted by Gasteiger charge is 2.43. The number of fused-ring (bicyclic) bond motifs is 2. The number of carbonyl (C=O) groups excluding carboxylic acids is 1. The van der Waals surface area contributed by atoms with E-state index < -0.39 is 0 Å². The third-order valence-corrected chi connectivity index (χ3v) is 6.81. The number of hydrogen-bond acceptors (Lipinski definition) is 2. The van der Waals surface area contributed by atoms with E-state index in [2.05, 4.69) is 4.90 Å². The van der Waals surface area contributed by atoms with Gasteiger partial charge in [-0.2, -0.15) is 0 Å². The van der Waals surface area contributed by atoms with E-state index in [0.717, 1.165) is 44.2 Å². The minimum Gasteiger partial charge on any atom is -0.339 e.